The quantitative estimate of drug-likeness (QED) is 0.150. The average molecular weight is 822 g/mol. The van der Waals surface area contributed by atoms with Crippen LogP contribution >= 0.6 is 23.2 Å². The van der Waals surface area contributed by atoms with E-state index in [1.807, 2.05) is 6.08 Å². The number of halogens is 5. The van der Waals surface area contributed by atoms with Gasteiger partial charge in [-0.15, -0.1) is 0 Å². The number of alkyl halides is 3. The van der Waals surface area contributed by atoms with E-state index in [-0.39, 0.29) is 45.8 Å². The maximum Gasteiger partial charge on any atom is 0.433 e. The molecular formula is C41H33Cl2F3N4O7. The summed E-state index contributed by atoms with van der Waals surface area (Å²) >= 11 is 12.7. The van der Waals surface area contributed by atoms with Crippen molar-refractivity contribution in [1.82, 2.24) is 9.99 Å². The van der Waals surface area contributed by atoms with Gasteiger partial charge in [0.05, 0.1) is 48.1 Å². The van der Waals surface area contributed by atoms with Crippen LogP contribution in [0.3, 0.4) is 0 Å². The molecule has 8 rings (SSSR count). The summed E-state index contributed by atoms with van der Waals surface area (Å²) in [6.07, 6.45) is -3.05. The molecule has 294 valence electrons. The molecule has 3 aromatic carbocycles. The molecule has 6 atom stereocenters. The number of carbonyl (C=O) groups excluding carboxylic acids is 4. The summed E-state index contributed by atoms with van der Waals surface area (Å²) < 4.78 is 52.3. The Morgan fingerprint density at radius 2 is 1.56 bits per heavy atom. The van der Waals surface area contributed by atoms with Crippen LogP contribution in [0.5, 0.6) is 17.2 Å². The standard InChI is InChI=1S/C41H33Cl2F3N4O7/c1-48(35-28(43)14-15-31(47-35)41(44,45)46)50-36(52)25-13-12-24-26(32(25)38(50)54)19-27-37(53)49(23-11-7-10-22(42)18-23)39(55)40(27,21-8-5-4-6-9-21)33(24)20-16-29(56-2)34(51)30(17-20)57-3/h4-12,14-18,25-27,32-33,51H,13,19H2,1-3H3/t25-,26+,27-,32-,33-,40+/m0/s1. The normalized spacial score (nSPS) is 25.5. The average Bonchev–Trinajstić information content (AvgIpc) is 3.58. The molecule has 4 amide bonds. The summed E-state index contributed by atoms with van der Waals surface area (Å²) in [4.78, 5) is 64.2. The molecule has 0 bridgehead atoms. The number of ether oxygens (including phenoxy) is 2. The lowest BCUT2D eigenvalue weighted by Crippen LogP contribution is -2.53. The second kappa shape index (κ2) is 13.8. The van der Waals surface area contributed by atoms with E-state index < -0.39 is 76.3 Å². The first-order valence-corrected chi connectivity index (χ1v) is 18.6. The van der Waals surface area contributed by atoms with E-state index in [1.54, 1.807) is 60.7 Å². The summed E-state index contributed by atoms with van der Waals surface area (Å²) in [7, 11) is 3.94. The highest BCUT2D eigenvalue weighted by Gasteiger charge is 2.70. The first-order chi connectivity index (χ1) is 27.1. The van der Waals surface area contributed by atoms with Gasteiger partial charge in [0.2, 0.25) is 17.6 Å². The Morgan fingerprint density at radius 1 is 0.877 bits per heavy atom. The number of amides is 4. The molecule has 0 unspecified atom stereocenters. The number of fused-ring (bicyclic) bond motifs is 4. The summed E-state index contributed by atoms with van der Waals surface area (Å²) in [5.74, 6) is -8.23. The molecule has 0 radical (unpaired) electrons. The van der Waals surface area contributed by atoms with Crippen LogP contribution in [0.2, 0.25) is 10.0 Å². The Labute approximate surface area is 334 Å². The molecular weight excluding hydrogens is 788 g/mol. The number of pyridine rings is 1. The molecule has 3 fully saturated rings. The van der Waals surface area contributed by atoms with Gasteiger partial charge in [0.1, 0.15) is 5.69 Å². The smallest absolute Gasteiger partial charge is 0.433 e. The molecule has 3 heterocycles. The number of hydrogen-bond donors (Lipinski definition) is 1. The van der Waals surface area contributed by atoms with E-state index in [0.717, 1.165) is 21.0 Å². The Hall–Kier alpha value is -5.60. The zero-order chi connectivity index (χ0) is 40.7. The zero-order valence-corrected chi connectivity index (χ0v) is 32.0. The number of carbonyl (C=O) groups is 4. The number of rotatable bonds is 7. The molecule has 11 nitrogen and oxygen atoms in total. The van der Waals surface area contributed by atoms with Crippen molar-refractivity contribution in [3.8, 4) is 17.2 Å². The maximum absolute atomic E-state index is 15.5. The highest BCUT2D eigenvalue weighted by Crippen LogP contribution is 2.65. The van der Waals surface area contributed by atoms with Crippen LogP contribution in [0.25, 0.3) is 0 Å². The fourth-order valence-corrected chi connectivity index (χ4v) is 9.80. The third kappa shape index (κ3) is 5.66. The van der Waals surface area contributed by atoms with Gasteiger partial charge in [0.15, 0.2) is 17.3 Å². The van der Waals surface area contributed by atoms with Gasteiger partial charge in [-0.05, 0) is 72.4 Å². The third-order valence-electron chi connectivity index (χ3n) is 11.7. The predicted octanol–water partition coefficient (Wildman–Crippen LogP) is 7.34. The van der Waals surface area contributed by atoms with Crippen molar-refractivity contribution in [3.63, 3.8) is 0 Å². The van der Waals surface area contributed by atoms with Gasteiger partial charge >= 0.3 is 6.18 Å². The Bertz CT molecular complexity index is 2370. The van der Waals surface area contributed by atoms with Gasteiger partial charge < -0.3 is 14.6 Å². The van der Waals surface area contributed by atoms with E-state index in [1.165, 1.54) is 27.3 Å². The molecule has 16 heteroatoms. The van der Waals surface area contributed by atoms with Crippen molar-refractivity contribution >= 4 is 58.3 Å². The number of anilines is 2. The Balaban J connectivity index is 1.33. The van der Waals surface area contributed by atoms with Crippen LogP contribution in [-0.4, -0.2) is 60.0 Å². The second-order valence-corrected chi connectivity index (χ2v) is 15.2. The molecule has 4 aliphatic rings. The van der Waals surface area contributed by atoms with Crippen LogP contribution in [0.15, 0.2) is 90.5 Å². The maximum atomic E-state index is 15.5. The monoisotopic (exact) mass is 820 g/mol. The van der Waals surface area contributed by atoms with Gasteiger partial charge in [-0.2, -0.15) is 18.2 Å². The van der Waals surface area contributed by atoms with Crippen LogP contribution in [0.1, 0.15) is 35.6 Å². The van der Waals surface area contributed by atoms with E-state index in [4.69, 9.17) is 32.7 Å². The SMILES string of the molecule is COc1cc([C@H]2C3=CC[C@@H]4C(=O)N(N(C)c5nc(C(F)(F)F)ccc5Cl)C(=O)[C@@H]4[C@@H]3C[C@H]3C(=O)N(c4cccc(Cl)c4)C(=O)[C@@]23c2ccccc2)cc(OC)c1O. The minimum absolute atomic E-state index is 0.0215. The number of allylic oxidation sites excluding steroid dienone is 2. The van der Waals surface area contributed by atoms with E-state index in [2.05, 4.69) is 4.98 Å². The first-order valence-electron chi connectivity index (χ1n) is 17.8. The summed E-state index contributed by atoms with van der Waals surface area (Å²) in [5.41, 5.74) is -1.15. The molecule has 2 aliphatic carbocycles. The van der Waals surface area contributed by atoms with Gasteiger partial charge in [-0.3, -0.25) is 24.2 Å². The van der Waals surface area contributed by atoms with Crippen molar-refractivity contribution in [3.05, 3.63) is 117 Å². The van der Waals surface area contributed by atoms with Crippen LogP contribution in [-0.2, 0) is 30.8 Å². The van der Waals surface area contributed by atoms with Crippen LogP contribution < -0.4 is 19.4 Å². The van der Waals surface area contributed by atoms with E-state index >= 15 is 9.59 Å². The number of aromatic nitrogens is 1. The molecule has 4 aromatic rings. The third-order valence-corrected chi connectivity index (χ3v) is 12.2. The number of phenols is 1. The second-order valence-electron chi connectivity index (χ2n) is 14.4. The number of hydrazine groups is 1. The molecule has 57 heavy (non-hydrogen) atoms. The molecule has 0 spiro atoms. The van der Waals surface area contributed by atoms with Gasteiger partial charge in [0.25, 0.3) is 11.8 Å². The Morgan fingerprint density at radius 3 is 2.19 bits per heavy atom. The Kier molecular flexibility index (Phi) is 9.27. The molecule has 2 aliphatic heterocycles. The predicted molar refractivity (Wildman–Crippen MR) is 202 cm³/mol. The number of phenolic OH excluding ortho intramolecular Hbond substituents is 1. The zero-order valence-electron chi connectivity index (χ0n) is 30.5. The van der Waals surface area contributed by atoms with Gasteiger partial charge in [0, 0.05) is 18.0 Å². The number of aromatic hydroxyl groups is 1. The number of hydrogen-bond acceptors (Lipinski definition) is 9. The lowest BCUT2D eigenvalue weighted by molar-refractivity contribution is -0.141. The van der Waals surface area contributed by atoms with Crippen molar-refractivity contribution in [1.29, 1.82) is 0 Å². The number of imide groups is 2. The van der Waals surface area contributed by atoms with Gasteiger partial charge in [-0.1, -0.05) is 71.2 Å². The highest BCUT2D eigenvalue weighted by atomic mass is 35.5. The van der Waals surface area contributed by atoms with Crippen molar-refractivity contribution in [2.24, 2.45) is 23.7 Å². The van der Waals surface area contributed by atoms with Crippen LogP contribution in [0, 0.1) is 23.7 Å². The van der Waals surface area contributed by atoms with Crippen molar-refractivity contribution in [2.45, 2.75) is 30.4 Å². The fourth-order valence-electron chi connectivity index (χ4n) is 9.39. The molecule has 1 saturated carbocycles. The van der Waals surface area contributed by atoms with E-state index in [0.29, 0.717) is 22.8 Å². The fraction of sp³-hybridized carbons (Fsp3) is 0.293. The summed E-state index contributed by atoms with van der Waals surface area (Å²) in [6.45, 7) is 0. The summed E-state index contributed by atoms with van der Waals surface area (Å²) in [5, 5.41) is 12.7. The number of nitrogens with zero attached hydrogens (tertiary/aromatic N) is 4. The van der Waals surface area contributed by atoms with E-state index in [9.17, 15) is 27.9 Å². The lowest BCUT2D eigenvalue weighted by Gasteiger charge is -2.50. The highest BCUT2D eigenvalue weighted by molar-refractivity contribution is 6.33. The first kappa shape index (κ1) is 38.3. The molecule has 1 aromatic heterocycles. The molecule has 1 N–H and O–H groups in total. The lowest BCUT2D eigenvalue weighted by atomic mass is 9.49. The number of methoxy groups -OCH3 is 2. The van der Waals surface area contributed by atoms with Gasteiger partial charge in [-0.25, -0.2) is 9.88 Å². The van der Waals surface area contributed by atoms with Crippen molar-refractivity contribution in [2.75, 3.05) is 31.2 Å². The molecule has 2 saturated heterocycles. The van der Waals surface area contributed by atoms with Crippen molar-refractivity contribution < 1.29 is 46.9 Å². The minimum Gasteiger partial charge on any atom is -0.502 e. The topological polar surface area (TPSA) is 130 Å². The minimum atomic E-state index is -4.84. The number of benzene rings is 3. The summed E-state index contributed by atoms with van der Waals surface area (Å²) in [6, 6.07) is 20.0. The van der Waals surface area contributed by atoms with Crippen LogP contribution in [0.4, 0.5) is 24.7 Å². The largest absolute Gasteiger partial charge is 0.502 e.